The molecule has 0 aliphatic heterocycles. The molecule has 0 radical (unpaired) electrons. The number of hydrogen-bond donors (Lipinski definition) is 2. The first-order valence-electron chi connectivity index (χ1n) is 5.98. The predicted molar refractivity (Wildman–Crippen MR) is 69.8 cm³/mol. The summed E-state index contributed by atoms with van der Waals surface area (Å²) >= 11 is 0. The van der Waals surface area contributed by atoms with Crippen LogP contribution in [0.5, 0.6) is 5.88 Å². The van der Waals surface area contributed by atoms with Crippen LogP contribution in [0.4, 0.5) is 13.2 Å². The standard InChI is InChI=1S/C13H11BF3NO3/c15-13(16,17)11-6-10(14(19)20)7-18-12(11)21-8-9-4-2-1-3-5-9/h1-7,19-20H,8H2. The first-order chi connectivity index (χ1) is 9.88. The molecule has 2 N–H and O–H groups in total. The molecule has 0 saturated heterocycles. The average molecular weight is 297 g/mol. The Morgan fingerprint density at radius 3 is 2.38 bits per heavy atom. The summed E-state index contributed by atoms with van der Waals surface area (Å²) in [5, 5.41) is 17.8. The van der Waals surface area contributed by atoms with Gasteiger partial charge in [0.25, 0.3) is 0 Å². The van der Waals surface area contributed by atoms with Crippen LogP contribution in [-0.4, -0.2) is 22.2 Å². The topological polar surface area (TPSA) is 62.6 Å². The normalized spacial score (nSPS) is 11.3. The molecule has 2 aromatic rings. The summed E-state index contributed by atoms with van der Waals surface area (Å²) in [6.07, 6.45) is -3.77. The number of ether oxygens (including phenoxy) is 1. The van der Waals surface area contributed by atoms with E-state index in [4.69, 9.17) is 14.8 Å². The molecule has 21 heavy (non-hydrogen) atoms. The van der Waals surface area contributed by atoms with E-state index in [0.29, 0.717) is 11.6 Å². The van der Waals surface area contributed by atoms with Crippen molar-refractivity contribution in [2.24, 2.45) is 0 Å². The third-order valence-corrected chi connectivity index (χ3v) is 2.69. The molecule has 0 unspecified atom stereocenters. The summed E-state index contributed by atoms with van der Waals surface area (Å²) in [5.74, 6) is -0.601. The highest BCUT2D eigenvalue weighted by molar-refractivity contribution is 6.58. The van der Waals surface area contributed by atoms with Gasteiger partial charge in [-0.05, 0) is 11.6 Å². The fourth-order valence-corrected chi connectivity index (χ4v) is 1.65. The van der Waals surface area contributed by atoms with Crippen molar-refractivity contribution in [2.45, 2.75) is 12.8 Å². The highest BCUT2D eigenvalue weighted by atomic mass is 19.4. The minimum atomic E-state index is -4.70. The van der Waals surface area contributed by atoms with Crippen LogP contribution < -0.4 is 10.2 Å². The van der Waals surface area contributed by atoms with Crippen molar-refractivity contribution >= 4 is 12.6 Å². The van der Waals surface area contributed by atoms with Crippen LogP contribution in [0, 0.1) is 0 Å². The number of aromatic nitrogens is 1. The van der Waals surface area contributed by atoms with E-state index in [0.717, 1.165) is 6.20 Å². The lowest BCUT2D eigenvalue weighted by molar-refractivity contribution is -0.139. The van der Waals surface area contributed by atoms with Crippen molar-refractivity contribution in [3.63, 3.8) is 0 Å². The van der Waals surface area contributed by atoms with Gasteiger partial charge < -0.3 is 14.8 Å². The lowest BCUT2D eigenvalue weighted by Gasteiger charge is -2.14. The molecule has 1 aromatic carbocycles. The molecule has 8 heteroatoms. The highest BCUT2D eigenvalue weighted by Crippen LogP contribution is 2.34. The Balaban J connectivity index is 2.26. The van der Waals surface area contributed by atoms with Gasteiger partial charge in [0.05, 0.1) is 0 Å². The van der Waals surface area contributed by atoms with Crippen molar-refractivity contribution in [3.05, 3.63) is 53.7 Å². The number of halogens is 3. The Hall–Kier alpha value is -2.06. The first kappa shape index (κ1) is 15.3. The van der Waals surface area contributed by atoms with Gasteiger partial charge in [-0.3, -0.25) is 0 Å². The third kappa shape index (κ3) is 3.96. The SMILES string of the molecule is OB(O)c1cnc(OCc2ccccc2)c(C(F)(F)F)c1. The zero-order valence-electron chi connectivity index (χ0n) is 10.7. The summed E-state index contributed by atoms with van der Waals surface area (Å²) in [6.45, 7) is -0.0715. The molecule has 0 aliphatic rings. The number of hydrogen-bond acceptors (Lipinski definition) is 4. The molecule has 0 bridgehead atoms. The van der Waals surface area contributed by atoms with Crippen molar-refractivity contribution in [1.82, 2.24) is 4.98 Å². The molecule has 1 aromatic heterocycles. The smallest absolute Gasteiger partial charge is 0.472 e. The molecule has 0 amide bonds. The van der Waals surface area contributed by atoms with Gasteiger partial charge in [0.1, 0.15) is 12.2 Å². The van der Waals surface area contributed by atoms with Gasteiger partial charge in [-0.2, -0.15) is 13.2 Å². The van der Waals surface area contributed by atoms with Gasteiger partial charge in [0.2, 0.25) is 5.88 Å². The molecule has 0 atom stereocenters. The Kier molecular flexibility index (Phi) is 4.49. The molecular formula is C13H11BF3NO3. The maximum absolute atomic E-state index is 12.9. The van der Waals surface area contributed by atoms with Gasteiger partial charge >= 0.3 is 13.3 Å². The number of nitrogens with zero attached hydrogens (tertiary/aromatic N) is 1. The lowest BCUT2D eigenvalue weighted by Crippen LogP contribution is -2.31. The van der Waals surface area contributed by atoms with Crippen LogP contribution in [0.1, 0.15) is 11.1 Å². The van der Waals surface area contributed by atoms with Gasteiger partial charge in [-0.15, -0.1) is 0 Å². The van der Waals surface area contributed by atoms with Crippen molar-refractivity contribution in [1.29, 1.82) is 0 Å². The second-order valence-electron chi connectivity index (χ2n) is 4.27. The van der Waals surface area contributed by atoms with E-state index in [9.17, 15) is 13.2 Å². The maximum Gasteiger partial charge on any atom is 0.490 e. The summed E-state index contributed by atoms with van der Waals surface area (Å²) in [6, 6.07) is 9.28. The van der Waals surface area contributed by atoms with Gasteiger partial charge in [-0.1, -0.05) is 30.3 Å². The molecule has 0 saturated carbocycles. The van der Waals surface area contributed by atoms with Crippen LogP contribution in [-0.2, 0) is 12.8 Å². The quantitative estimate of drug-likeness (QED) is 0.837. The minimum Gasteiger partial charge on any atom is -0.472 e. The highest BCUT2D eigenvalue weighted by Gasteiger charge is 2.36. The summed E-state index contributed by atoms with van der Waals surface area (Å²) in [4.78, 5) is 3.52. The Labute approximate surface area is 119 Å². The van der Waals surface area contributed by atoms with Gasteiger partial charge in [0.15, 0.2) is 0 Å². The molecular weight excluding hydrogens is 286 g/mol. The molecule has 0 spiro atoms. The van der Waals surface area contributed by atoms with Gasteiger partial charge in [0, 0.05) is 11.7 Å². The van der Waals surface area contributed by atoms with E-state index in [2.05, 4.69) is 4.98 Å². The van der Waals surface area contributed by atoms with Crippen LogP contribution in [0.3, 0.4) is 0 Å². The van der Waals surface area contributed by atoms with Crippen LogP contribution >= 0.6 is 0 Å². The summed E-state index contributed by atoms with van der Waals surface area (Å²) in [7, 11) is -2.03. The Morgan fingerprint density at radius 2 is 1.81 bits per heavy atom. The lowest BCUT2D eigenvalue weighted by atomic mass is 9.81. The Bertz CT molecular complexity index is 605. The number of alkyl halides is 3. The number of benzene rings is 1. The van der Waals surface area contributed by atoms with Crippen LogP contribution in [0.25, 0.3) is 0 Å². The maximum atomic E-state index is 12.9. The minimum absolute atomic E-state index is 0.0715. The first-order valence-corrected chi connectivity index (χ1v) is 5.98. The molecule has 110 valence electrons. The van der Waals surface area contributed by atoms with Gasteiger partial charge in [-0.25, -0.2) is 4.98 Å². The van der Waals surface area contributed by atoms with E-state index in [1.807, 2.05) is 0 Å². The monoisotopic (exact) mass is 297 g/mol. The zero-order valence-corrected chi connectivity index (χ0v) is 10.7. The molecule has 0 fully saturated rings. The second kappa shape index (κ2) is 6.15. The van der Waals surface area contributed by atoms with E-state index in [1.54, 1.807) is 30.3 Å². The van der Waals surface area contributed by atoms with Crippen molar-refractivity contribution in [2.75, 3.05) is 0 Å². The molecule has 4 nitrogen and oxygen atoms in total. The van der Waals surface area contributed by atoms with Crippen LogP contribution in [0.15, 0.2) is 42.6 Å². The summed E-state index contributed by atoms with van der Waals surface area (Å²) < 4.78 is 43.9. The predicted octanol–water partition coefficient (Wildman–Crippen LogP) is 1.36. The zero-order chi connectivity index (χ0) is 15.5. The van der Waals surface area contributed by atoms with Crippen LogP contribution in [0.2, 0.25) is 0 Å². The fraction of sp³-hybridized carbons (Fsp3) is 0.154. The fourth-order valence-electron chi connectivity index (χ4n) is 1.65. The summed E-state index contributed by atoms with van der Waals surface area (Å²) in [5.41, 5.74) is -0.808. The van der Waals surface area contributed by atoms with E-state index >= 15 is 0 Å². The molecule has 2 rings (SSSR count). The second-order valence-corrected chi connectivity index (χ2v) is 4.27. The largest absolute Gasteiger partial charge is 0.490 e. The average Bonchev–Trinajstić information content (AvgIpc) is 2.45. The molecule has 1 heterocycles. The van der Waals surface area contributed by atoms with Crippen molar-refractivity contribution < 1.29 is 28.0 Å². The third-order valence-electron chi connectivity index (χ3n) is 2.69. The Morgan fingerprint density at radius 1 is 1.14 bits per heavy atom. The molecule has 0 aliphatic carbocycles. The van der Waals surface area contributed by atoms with Crippen molar-refractivity contribution in [3.8, 4) is 5.88 Å². The number of pyridine rings is 1. The van der Waals surface area contributed by atoms with E-state index in [1.165, 1.54) is 0 Å². The van der Waals surface area contributed by atoms with E-state index < -0.39 is 24.7 Å². The number of rotatable bonds is 4. The van der Waals surface area contributed by atoms with E-state index in [-0.39, 0.29) is 12.1 Å².